The maximum absolute atomic E-state index is 12.8. The molecule has 0 N–H and O–H groups in total. The van der Waals surface area contributed by atoms with E-state index < -0.39 is 6.10 Å². The van der Waals surface area contributed by atoms with E-state index in [0.29, 0.717) is 19.3 Å². The third kappa shape index (κ3) is 50.4. The van der Waals surface area contributed by atoms with Gasteiger partial charge in [-0.2, -0.15) is 0 Å². The molecule has 0 bridgehead atoms. The van der Waals surface area contributed by atoms with Crippen LogP contribution in [0.2, 0.25) is 0 Å². The van der Waals surface area contributed by atoms with E-state index in [0.717, 1.165) is 89.9 Å². The number of rotatable bonds is 44. The lowest BCUT2D eigenvalue weighted by atomic mass is 10.1. The molecule has 0 aromatic carbocycles. The number of hydrogen-bond acceptors (Lipinski definition) is 6. The predicted octanol–water partition coefficient (Wildman–Crippen LogP) is 17.1. The smallest absolute Gasteiger partial charge is 0.306 e. The molecule has 0 radical (unpaired) electrons. The second-order valence-electron chi connectivity index (χ2n) is 16.4. The highest BCUT2D eigenvalue weighted by molar-refractivity contribution is 5.71. The van der Waals surface area contributed by atoms with Gasteiger partial charge in [0.15, 0.2) is 6.10 Å². The number of ether oxygens (including phenoxy) is 3. The normalized spacial score (nSPS) is 13.2. The standard InChI is InChI=1S/C59H92O6/c1-4-7-10-13-16-19-22-25-27-28-29-30-32-34-37-40-43-46-49-52-58(61)64-55-56(54-63-57(60)51-48-45-42-39-36-33-24-21-18-15-12-9-6-3)65-59(62)53-50-47-44-41-38-35-31-26-23-20-17-14-11-8-5-2/h7,9-10,12,15-16,18-21,23-25,27,29-30,33-34,36-37,39,42,56H,4-6,8,11,13-14,17,22,26,28,31-32,35,38,40-41,43-55H2,1-3H3/b10-7+,12-9+,18-15+,19-16+,23-20+,24-21+,27-25+,30-29+,36-33+,37-34+,42-39+. The number of esters is 3. The van der Waals surface area contributed by atoms with Crippen LogP contribution in [0.15, 0.2) is 134 Å². The molecular weight excluding hydrogens is 805 g/mol. The van der Waals surface area contributed by atoms with E-state index in [2.05, 4.69) is 99.8 Å². The Kier molecular flexibility index (Phi) is 48.6. The summed E-state index contributed by atoms with van der Waals surface area (Å²) in [5, 5.41) is 0. The third-order valence-corrected chi connectivity index (χ3v) is 10.2. The fourth-order valence-electron chi connectivity index (χ4n) is 6.43. The monoisotopic (exact) mass is 897 g/mol. The summed E-state index contributed by atoms with van der Waals surface area (Å²) < 4.78 is 16.7. The first-order chi connectivity index (χ1) is 32.0. The Morgan fingerprint density at radius 3 is 1.20 bits per heavy atom. The highest BCUT2D eigenvalue weighted by Gasteiger charge is 2.19. The SMILES string of the molecule is CC/C=C/C=C/C=C/C=C/C=C/CCCC(=O)OCC(COC(=O)CCCCC/C=C/C/C=C/C/C=C/C/C=C/C/C=C/CC)OC(=O)CCCCCCCCC/C=C/CCCCCC. The highest BCUT2D eigenvalue weighted by Crippen LogP contribution is 2.13. The Balaban J connectivity index is 4.56. The van der Waals surface area contributed by atoms with Gasteiger partial charge in [-0.05, 0) is 103 Å². The van der Waals surface area contributed by atoms with E-state index in [9.17, 15) is 14.4 Å². The van der Waals surface area contributed by atoms with E-state index in [4.69, 9.17) is 14.2 Å². The van der Waals surface area contributed by atoms with Crippen molar-refractivity contribution in [3.05, 3.63) is 134 Å². The minimum atomic E-state index is -0.827. The van der Waals surface area contributed by atoms with Gasteiger partial charge in [-0.15, -0.1) is 0 Å². The molecule has 0 saturated heterocycles. The molecule has 0 spiro atoms. The Bertz CT molecular complexity index is 1450. The molecule has 0 aliphatic carbocycles. The molecule has 0 fully saturated rings. The molecule has 0 aromatic heterocycles. The molecule has 0 heterocycles. The van der Waals surface area contributed by atoms with Gasteiger partial charge in [-0.25, -0.2) is 0 Å². The van der Waals surface area contributed by atoms with Crippen molar-refractivity contribution < 1.29 is 28.6 Å². The van der Waals surface area contributed by atoms with Crippen molar-refractivity contribution in [3.8, 4) is 0 Å². The van der Waals surface area contributed by atoms with Gasteiger partial charge in [0, 0.05) is 19.3 Å². The fraction of sp³-hybridized carbons (Fsp3) is 0.576. The van der Waals surface area contributed by atoms with Gasteiger partial charge >= 0.3 is 17.9 Å². The molecule has 0 rings (SSSR count). The Hall–Kier alpha value is -4.45. The summed E-state index contributed by atoms with van der Waals surface area (Å²) in [5.41, 5.74) is 0. The molecule has 1 unspecified atom stereocenters. The van der Waals surface area contributed by atoms with E-state index in [1.54, 1.807) is 0 Å². The first-order valence-corrected chi connectivity index (χ1v) is 25.8. The maximum atomic E-state index is 12.8. The molecule has 364 valence electrons. The summed E-state index contributed by atoms with van der Waals surface area (Å²) in [5.74, 6) is -1.04. The van der Waals surface area contributed by atoms with Crippen LogP contribution in [0.25, 0.3) is 0 Å². The molecule has 6 nitrogen and oxygen atoms in total. The maximum Gasteiger partial charge on any atom is 0.306 e. The zero-order chi connectivity index (χ0) is 47.2. The second-order valence-corrected chi connectivity index (χ2v) is 16.4. The topological polar surface area (TPSA) is 78.9 Å². The molecule has 0 aromatic rings. The summed E-state index contributed by atoms with van der Waals surface area (Å²) >= 11 is 0. The quantitative estimate of drug-likeness (QED) is 0.0199. The number of carbonyl (C=O) groups is 3. The summed E-state index contributed by atoms with van der Waals surface area (Å²) in [4.78, 5) is 38.0. The van der Waals surface area contributed by atoms with Crippen LogP contribution in [-0.2, 0) is 28.6 Å². The van der Waals surface area contributed by atoms with Gasteiger partial charge < -0.3 is 14.2 Å². The van der Waals surface area contributed by atoms with Gasteiger partial charge in [-0.3, -0.25) is 14.4 Å². The number of unbranched alkanes of at least 4 members (excludes halogenated alkanes) is 15. The average molecular weight is 897 g/mol. The summed E-state index contributed by atoms with van der Waals surface area (Å²) in [7, 11) is 0. The first-order valence-electron chi connectivity index (χ1n) is 25.8. The van der Waals surface area contributed by atoms with Crippen LogP contribution < -0.4 is 0 Å². The van der Waals surface area contributed by atoms with Gasteiger partial charge in [0.05, 0.1) is 0 Å². The lowest BCUT2D eigenvalue weighted by Gasteiger charge is -2.18. The summed E-state index contributed by atoms with van der Waals surface area (Å²) in [6, 6.07) is 0. The van der Waals surface area contributed by atoms with Crippen molar-refractivity contribution in [2.45, 2.75) is 207 Å². The van der Waals surface area contributed by atoms with Crippen LogP contribution >= 0.6 is 0 Å². The van der Waals surface area contributed by atoms with Crippen LogP contribution in [0.1, 0.15) is 201 Å². The van der Waals surface area contributed by atoms with Crippen molar-refractivity contribution in [1.82, 2.24) is 0 Å². The van der Waals surface area contributed by atoms with Crippen LogP contribution in [0.3, 0.4) is 0 Å². The minimum Gasteiger partial charge on any atom is -0.462 e. The largest absolute Gasteiger partial charge is 0.462 e. The van der Waals surface area contributed by atoms with Crippen LogP contribution in [0.4, 0.5) is 0 Å². The molecule has 6 heteroatoms. The fourth-order valence-corrected chi connectivity index (χ4v) is 6.43. The van der Waals surface area contributed by atoms with Crippen molar-refractivity contribution in [1.29, 1.82) is 0 Å². The van der Waals surface area contributed by atoms with Crippen LogP contribution in [-0.4, -0.2) is 37.2 Å². The van der Waals surface area contributed by atoms with E-state index in [1.807, 2.05) is 54.7 Å². The van der Waals surface area contributed by atoms with Crippen LogP contribution in [0, 0.1) is 0 Å². The van der Waals surface area contributed by atoms with Gasteiger partial charge in [0.1, 0.15) is 13.2 Å². The van der Waals surface area contributed by atoms with E-state index >= 15 is 0 Å². The van der Waals surface area contributed by atoms with Crippen molar-refractivity contribution >= 4 is 17.9 Å². The Morgan fingerprint density at radius 1 is 0.338 bits per heavy atom. The van der Waals surface area contributed by atoms with Crippen molar-refractivity contribution in [2.24, 2.45) is 0 Å². The van der Waals surface area contributed by atoms with E-state index in [-0.39, 0.29) is 37.5 Å². The van der Waals surface area contributed by atoms with Gasteiger partial charge in [0.2, 0.25) is 0 Å². The summed E-state index contributed by atoms with van der Waals surface area (Å²) in [6.45, 7) is 6.25. The molecule has 0 amide bonds. The van der Waals surface area contributed by atoms with Crippen LogP contribution in [0.5, 0.6) is 0 Å². The second kappa shape index (κ2) is 52.2. The van der Waals surface area contributed by atoms with Crippen molar-refractivity contribution in [2.75, 3.05) is 13.2 Å². The number of carbonyl (C=O) groups excluding carboxylic acids is 3. The molecule has 0 saturated carbocycles. The van der Waals surface area contributed by atoms with Gasteiger partial charge in [0.25, 0.3) is 0 Å². The zero-order valence-electron chi connectivity index (χ0n) is 41.4. The molecule has 0 aliphatic rings. The van der Waals surface area contributed by atoms with Crippen molar-refractivity contribution in [3.63, 3.8) is 0 Å². The zero-order valence-corrected chi connectivity index (χ0v) is 41.4. The molecule has 0 aliphatic heterocycles. The summed E-state index contributed by atoms with van der Waals surface area (Å²) in [6.07, 6.45) is 73.0. The first kappa shape index (κ1) is 60.6. The molecule has 65 heavy (non-hydrogen) atoms. The third-order valence-electron chi connectivity index (χ3n) is 10.2. The number of allylic oxidation sites excluding steroid dienone is 22. The molecule has 1 atom stereocenters. The Labute approximate surface area is 398 Å². The van der Waals surface area contributed by atoms with Gasteiger partial charge in [-0.1, -0.05) is 212 Å². The average Bonchev–Trinajstić information content (AvgIpc) is 3.30. The highest BCUT2D eigenvalue weighted by atomic mass is 16.6. The predicted molar refractivity (Wildman–Crippen MR) is 279 cm³/mol. The lowest BCUT2D eigenvalue weighted by Crippen LogP contribution is -2.30. The number of hydrogen-bond donors (Lipinski definition) is 0. The Morgan fingerprint density at radius 2 is 0.692 bits per heavy atom. The molecular formula is C59H92O6. The minimum absolute atomic E-state index is 0.124. The van der Waals surface area contributed by atoms with E-state index in [1.165, 1.54) is 64.2 Å². The lowest BCUT2D eigenvalue weighted by molar-refractivity contribution is -0.167.